The Labute approximate surface area is 140 Å². The van der Waals surface area contributed by atoms with Crippen LogP contribution in [-0.4, -0.2) is 42.4 Å². The first-order valence-electron chi connectivity index (χ1n) is 7.84. The van der Waals surface area contributed by atoms with Crippen molar-refractivity contribution < 1.29 is 18.8 Å². The molecule has 0 saturated carbocycles. The van der Waals surface area contributed by atoms with Gasteiger partial charge in [-0.15, -0.1) is 0 Å². The van der Waals surface area contributed by atoms with E-state index in [4.69, 9.17) is 14.0 Å². The van der Waals surface area contributed by atoms with Crippen molar-refractivity contribution in [2.45, 2.75) is 26.5 Å². The second-order valence-corrected chi connectivity index (χ2v) is 5.84. The lowest BCUT2D eigenvalue weighted by molar-refractivity contribution is 0.0904. The molecule has 7 nitrogen and oxygen atoms in total. The fourth-order valence-electron chi connectivity index (χ4n) is 2.54. The summed E-state index contributed by atoms with van der Waals surface area (Å²) in [4.78, 5) is 13.8. The molecule has 0 fully saturated rings. The van der Waals surface area contributed by atoms with Gasteiger partial charge in [-0.25, -0.2) is 4.79 Å². The molecular weight excluding hydrogens is 310 g/mol. The Morgan fingerprint density at radius 2 is 2.08 bits per heavy atom. The van der Waals surface area contributed by atoms with E-state index in [9.17, 15) is 4.79 Å². The van der Waals surface area contributed by atoms with E-state index in [1.165, 1.54) is 0 Å². The highest BCUT2D eigenvalue weighted by Gasteiger charge is 2.22. The summed E-state index contributed by atoms with van der Waals surface area (Å²) in [6.45, 7) is 4.93. The molecule has 2 heterocycles. The molecule has 24 heavy (non-hydrogen) atoms. The molecule has 3 rings (SSSR count). The maximum atomic E-state index is 12.2. The number of fused-ring (bicyclic) bond motifs is 1. The lowest BCUT2D eigenvalue weighted by Gasteiger charge is -2.27. The number of carbonyl (C=O) groups is 1. The molecule has 0 saturated heterocycles. The van der Waals surface area contributed by atoms with Gasteiger partial charge in [-0.2, -0.15) is 0 Å². The Bertz CT molecular complexity index is 709. The van der Waals surface area contributed by atoms with E-state index in [1.807, 2.05) is 38.1 Å². The van der Waals surface area contributed by atoms with Crippen LogP contribution in [0.3, 0.4) is 0 Å². The maximum absolute atomic E-state index is 12.2. The molecule has 0 spiro atoms. The van der Waals surface area contributed by atoms with Gasteiger partial charge in [0.25, 0.3) is 0 Å². The zero-order valence-electron chi connectivity index (χ0n) is 14.0. The molecule has 0 unspecified atom stereocenters. The van der Waals surface area contributed by atoms with Crippen molar-refractivity contribution in [2.24, 2.45) is 0 Å². The Balaban J connectivity index is 1.51. The number of urea groups is 1. The van der Waals surface area contributed by atoms with Crippen LogP contribution >= 0.6 is 0 Å². The average Bonchev–Trinajstić information content (AvgIpc) is 2.91. The first-order chi connectivity index (χ1) is 11.5. The molecule has 2 aromatic rings. The number of benzene rings is 1. The molecule has 2 amide bonds. The summed E-state index contributed by atoms with van der Waals surface area (Å²) in [5.41, 5.74) is 1.73. The molecule has 1 aromatic heterocycles. The fraction of sp³-hybridized carbons (Fsp3) is 0.412. The predicted octanol–water partition coefficient (Wildman–Crippen LogP) is 2.27. The van der Waals surface area contributed by atoms with Crippen molar-refractivity contribution in [3.05, 3.63) is 41.3 Å². The summed E-state index contributed by atoms with van der Waals surface area (Å²) in [6.07, 6.45) is -0.212. The van der Waals surface area contributed by atoms with Gasteiger partial charge in [0, 0.05) is 12.6 Å². The number of nitrogens with one attached hydrogen (secondary N) is 1. The van der Waals surface area contributed by atoms with E-state index in [1.54, 1.807) is 11.9 Å². The number of aromatic nitrogens is 1. The summed E-state index contributed by atoms with van der Waals surface area (Å²) >= 11 is 0. The van der Waals surface area contributed by atoms with E-state index in [2.05, 4.69) is 10.5 Å². The van der Waals surface area contributed by atoms with E-state index < -0.39 is 0 Å². The molecule has 1 aliphatic rings. The molecule has 1 aliphatic heterocycles. The lowest BCUT2D eigenvalue weighted by Crippen LogP contribution is -2.44. The molecule has 0 radical (unpaired) electrons. The van der Waals surface area contributed by atoms with Gasteiger partial charge in [-0.1, -0.05) is 17.3 Å². The summed E-state index contributed by atoms with van der Waals surface area (Å²) in [5.74, 6) is 2.16. The van der Waals surface area contributed by atoms with E-state index in [-0.39, 0.29) is 12.1 Å². The van der Waals surface area contributed by atoms with Crippen LogP contribution in [0, 0.1) is 13.8 Å². The van der Waals surface area contributed by atoms with E-state index in [0.29, 0.717) is 25.4 Å². The van der Waals surface area contributed by atoms with Gasteiger partial charge < -0.3 is 24.2 Å². The topological polar surface area (TPSA) is 76.8 Å². The quantitative estimate of drug-likeness (QED) is 0.930. The first kappa shape index (κ1) is 16.2. The fourth-order valence-corrected chi connectivity index (χ4v) is 2.54. The number of para-hydroxylation sites is 2. The number of ether oxygens (including phenoxy) is 2. The molecule has 0 aliphatic carbocycles. The van der Waals surface area contributed by atoms with Crippen LogP contribution in [0.15, 0.2) is 28.8 Å². The maximum Gasteiger partial charge on any atom is 0.317 e. The predicted molar refractivity (Wildman–Crippen MR) is 87.2 cm³/mol. The second kappa shape index (κ2) is 6.82. The van der Waals surface area contributed by atoms with E-state index >= 15 is 0 Å². The Morgan fingerprint density at radius 1 is 1.33 bits per heavy atom. The molecular formula is C17H21N3O4. The van der Waals surface area contributed by atoms with Crippen molar-refractivity contribution in [1.29, 1.82) is 0 Å². The van der Waals surface area contributed by atoms with Crippen LogP contribution in [0.25, 0.3) is 0 Å². The normalized spacial score (nSPS) is 15.9. The number of amides is 2. The molecule has 1 atom stereocenters. The van der Waals surface area contributed by atoms with Crippen molar-refractivity contribution in [2.75, 3.05) is 20.2 Å². The molecule has 1 aromatic carbocycles. The van der Waals surface area contributed by atoms with Crippen LogP contribution in [-0.2, 0) is 6.54 Å². The smallest absolute Gasteiger partial charge is 0.317 e. The Morgan fingerprint density at radius 3 is 2.79 bits per heavy atom. The van der Waals surface area contributed by atoms with Crippen LogP contribution in [0.1, 0.15) is 17.0 Å². The van der Waals surface area contributed by atoms with Crippen LogP contribution in [0.4, 0.5) is 4.79 Å². The van der Waals surface area contributed by atoms with Crippen LogP contribution in [0.2, 0.25) is 0 Å². The first-order valence-corrected chi connectivity index (χ1v) is 7.84. The van der Waals surface area contributed by atoms with Gasteiger partial charge in [-0.05, 0) is 26.0 Å². The van der Waals surface area contributed by atoms with Gasteiger partial charge in [0.2, 0.25) is 0 Å². The second-order valence-electron chi connectivity index (χ2n) is 5.84. The number of carbonyl (C=O) groups excluding carboxylic acids is 1. The molecule has 1 N–H and O–H groups in total. The minimum Gasteiger partial charge on any atom is -0.486 e. The zero-order valence-corrected chi connectivity index (χ0v) is 14.0. The monoisotopic (exact) mass is 331 g/mol. The van der Waals surface area contributed by atoms with Crippen LogP contribution in [0.5, 0.6) is 11.5 Å². The lowest BCUT2D eigenvalue weighted by atomic mass is 10.2. The Hall–Kier alpha value is -2.70. The third-order valence-electron chi connectivity index (χ3n) is 3.97. The minimum atomic E-state index is -0.212. The van der Waals surface area contributed by atoms with Gasteiger partial charge in [0.1, 0.15) is 12.4 Å². The van der Waals surface area contributed by atoms with Crippen LogP contribution < -0.4 is 14.8 Å². The van der Waals surface area contributed by atoms with Gasteiger partial charge in [0.05, 0.1) is 18.8 Å². The average molecular weight is 331 g/mol. The number of hydrogen-bond acceptors (Lipinski definition) is 5. The SMILES string of the molecule is Cc1noc(C)c1CN(C)C(=O)NC[C@@H]1COc2ccccc2O1. The van der Waals surface area contributed by atoms with Gasteiger partial charge in [-0.3, -0.25) is 0 Å². The largest absolute Gasteiger partial charge is 0.486 e. The number of hydrogen-bond donors (Lipinski definition) is 1. The highest BCUT2D eigenvalue weighted by molar-refractivity contribution is 5.73. The standard InChI is InChI=1S/C17H21N3O4/c1-11-14(12(2)24-19-11)9-20(3)17(21)18-8-13-10-22-15-6-4-5-7-16(15)23-13/h4-7,13H,8-10H2,1-3H3,(H,18,21)/t13-/m1/s1. The molecule has 7 heteroatoms. The highest BCUT2D eigenvalue weighted by atomic mass is 16.6. The molecule has 128 valence electrons. The summed E-state index contributed by atoms with van der Waals surface area (Å²) < 4.78 is 16.6. The minimum absolute atomic E-state index is 0.183. The molecule has 0 bridgehead atoms. The summed E-state index contributed by atoms with van der Waals surface area (Å²) in [6, 6.07) is 7.32. The third-order valence-corrected chi connectivity index (χ3v) is 3.97. The van der Waals surface area contributed by atoms with Crippen molar-refractivity contribution in [3.63, 3.8) is 0 Å². The highest BCUT2D eigenvalue weighted by Crippen LogP contribution is 2.30. The summed E-state index contributed by atoms with van der Waals surface area (Å²) in [7, 11) is 1.73. The summed E-state index contributed by atoms with van der Waals surface area (Å²) in [5, 5.41) is 6.76. The van der Waals surface area contributed by atoms with Crippen molar-refractivity contribution in [1.82, 2.24) is 15.4 Å². The number of nitrogens with zero attached hydrogens (tertiary/aromatic N) is 2. The van der Waals surface area contributed by atoms with Gasteiger partial charge in [0.15, 0.2) is 17.6 Å². The Kier molecular flexibility index (Phi) is 4.59. The number of rotatable bonds is 4. The van der Waals surface area contributed by atoms with E-state index in [0.717, 1.165) is 22.8 Å². The van der Waals surface area contributed by atoms with Crippen molar-refractivity contribution in [3.8, 4) is 11.5 Å². The number of aryl methyl sites for hydroxylation is 2. The van der Waals surface area contributed by atoms with Gasteiger partial charge >= 0.3 is 6.03 Å². The third kappa shape index (κ3) is 3.45. The zero-order chi connectivity index (χ0) is 17.1. The van der Waals surface area contributed by atoms with Crippen molar-refractivity contribution >= 4 is 6.03 Å².